The Hall–Kier alpha value is -1.52. The summed E-state index contributed by atoms with van der Waals surface area (Å²) in [6.45, 7) is 2.45. The highest BCUT2D eigenvalue weighted by atomic mass is 35.5. The molecule has 0 saturated carbocycles. The number of aryl methyl sites for hydroxylation is 1. The number of rotatable bonds is 4. The van der Waals surface area contributed by atoms with E-state index in [4.69, 9.17) is 16.3 Å². The zero-order valence-corrected chi connectivity index (χ0v) is 13.2. The molecule has 0 bridgehead atoms. The average molecular weight is 310 g/mol. The molecule has 0 aliphatic rings. The molecule has 0 spiro atoms. The molecule has 0 aliphatic carbocycles. The third kappa shape index (κ3) is 3.32. The Balaban J connectivity index is 2.17. The van der Waals surface area contributed by atoms with E-state index in [1.165, 1.54) is 11.3 Å². The van der Waals surface area contributed by atoms with Crippen LogP contribution >= 0.6 is 22.9 Å². The first kappa shape index (κ1) is 14.9. The molecular formula is C15H16ClNO2S. The van der Waals surface area contributed by atoms with E-state index in [0.29, 0.717) is 11.6 Å². The summed E-state index contributed by atoms with van der Waals surface area (Å²) in [5.41, 5.74) is 0.893. The molecule has 0 atom stereocenters. The molecule has 106 valence electrons. The molecule has 1 heterocycles. The van der Waals surface area contributed by atoms with Crippen molar-refractivity contribution in [2.24, 2.45) is 0 Å². The maximum Gasteiger partial charge on any atom is 0.263 e. The van der Waals surface area contributed by atoms with Gasteiger partial charge < -0.3 is 9.64 Å². The van der Waals surface area contributed by atoms with E-state index in [9.17, 15) is 4.79 Å². The van der Waals surface area contributed by atoms with Crippen molar-refractivity contribution in [3.8, 4) is 5.75 Å². The van der Waals surface area contributed by atoms with Gasteiger partial charge in [-0.15, -0.1) is 11.3 Å². The van der Waals surface area contributed by atoms with Gasteiger partial charge in [-0.1, -0.05) is 11.6 Å². The topological polar surface area (TPSA) is 29.5 Å². The molecule has 3 nitrogen and oxygen atoms in total. The quantitative estimate of drug-likeness (QED) is 0.854. The van der Waals surface area contributed by atoms with Gasteiger partial charge in [-0.3, -0.25) is 4.79 Å². The van der Waals surface area contributed by atoms with Gasteiger partial charge in [0.1, 0.15) is 5.75 Å². The second kappa shape index (κ2) is 6.29. The fraction of sp³-hybridized carbons (Fsp3) is 0.267. The number of amides is 1. The normalized spacial score (nSPS) is 10.4. The van der Waals surface area contributed by atoms with Gasteiger partial charge in [0.25, 0.3) is 5.91 Å². The molecule has 1 aromatic carbocycles. The van der Waals surface area contributed by atoms with Crippen LogP contribution < -0.4 is 4.74 Å². The van der Waals surface area contributed by atoms with Crippen molar-refractivity contribution in [3.63, 3.8) is 0 Å². The minimum atomic E-state index is 0.00475. The number of methoxy groups -OCH3 is 1. The van der Waals surface area contributed by atoms with Gasteiger partial charge in [0.2, 0.25) is 0 Å². The molecular weight excluding hydrogens is 294 g/mol. The van der Waals surface area contributed by atoms with E-state index < -0.39 is 0 Å². The monoisotopic (exact) mass is 309 g/mol. The van der Waals surface area contributed by atoms with E-state index in [1.54, 1.807) is 25.1 Å². The van der Waals surface area contributed by atoms with Crippen molar-refractivity contribution in [3.05, 3.63) is 50.7 Å². The lowest BCUT2D eigenvalue weighted by atomic mass is 10.2. The van der Waals surface area contributed by atoms with Crippen LogP contribution in [0.2, 0.25) is 5.02 Å². The predicted octanol–water partition coefficient (Wildman–Crippen LogP) is 3.99. The minimum Gasteiger partial charge on any atom is -0.496 e. The number of benzene rings is 1. The van der Waals surface area contributed by atoms with Gasteiger partial charge in [-0.25, -0.2) is 0 Å². The van der Waals surface area contributed by atoms with Gasteiger partial charge in [0, 0.05) is 29.1 Å². The Morgan fingerprint density at radius 3 is 2.70 bits per heavy atom. The molecule has 0 radical (unpaired) electrons. The third-order valence-corrected chi connectivity index (χ3v) is 4.17. The molecule has 0 saturated heterocycles. The molecule has 20 heavy (non-hydrogen) atoms. The molecule has 1 amide bonds. The summed E-state index contributed by atoms with van der Waals surface area (Å²) < 4.78 is 5.30. The minimum absolute atomic E-state index is 0.00475. The highest BCUT2D eigenvalue weighted by molar-refractivity contribution is 7.13. The predicted molar refractivity (Wildman–Crippen MR) is 82.9 cm³/mol. The summed E-state index contributed by atoms with van der Waals surface area (Å²) in [7, 11) is 3.38. The molecule has 0 N–H and O–H groups in total. The lowest BCUT2D eigenvalue weighted by Crippen LogP contribution is -2.25. The van der Waals surface area contributed by atoms with Crippen LogP contribution in [0.4, 0.5) is 0 Å². The van der Waals surface area contributed by atoms with E-state index in [0.717, 1.165) is 21.1 Å². The summed E-state index contributed by atoms with van der Waals surface area (Å²) >= 11 is 7.50. The fourth-order valence-corrected chi connectivity index (χ4v) is 2.99. The largest absolute Gasteiger partial charge is 0.496 e. The molecule has 0 unspecified atom stereocenters. The fourth-order valence-electron chi connectivity index (χ4n) is 1.94. The van der Waals surface area contributed by atoms with E-state index in [-0.39, 0.29) is 5.91 Å². The zero-order valence-electron chi connectivity index (χ0n) is 11.6. The summed E-state index contributed by atoms with van der Waals surface area (Å²) in [6.07, 6.45) is 0. The smallest absolute Gasteiger partial charge is 0.263 e. The standard InChI is InChI=1S/C15H16ClNO2S/c1-10-4-7-14(20-10)15(18)17(2)9-11-8-12(16)5-6-13(11)19-3/h4-8H,9H2,1-3H3. The first-order valence-electron chi connectivity index (χ1n) is 6.15. The van der Waals surface area contributed by atoms with Crippen molar-refractivity contribution in [1.82, 2.24) is 4.90 Å². The van der Waals surface area contributed by atoms with Crippen LogP contribution in [-0.2, 0) is 6.54 Å². The number of halogens is 1. The van der Waals surface area contributed by atoms with Crippen molar-refractivity contribution >= 4 is 28.8 Å². The first-order chi connectivity index (χ1) is 9.51. The summed E-state index contributed by atoms with van der Waals surface area (Å²) in [5.74, 6) is 0.738. The maximum absolute atomic E-state index is 12.3. The van der Waals surface area contributed by atoms with Crippen LogP contribution in [0, 0.1) is 6.92 Å². The average Bonchev–Trinajstić information content (AvgIpc) is 2.84. The van der Waals surface area contributed by atoms with Gasteiger partial charge in [-0.05, 0) is 37.3 Å². The van der Waals surface area contributed by atoms with Gasteiger partial charge in [0.15, 0.2) is 0 Å². The number of carbonyl (C=O) groups excluding carboxylic acids is 1. The van der Waals surface area contributed by atoms with Crippen molar-refractivity contribution in [1.29, 1.82) is 0 Å². The number of hydrogen-bond donors (Lipinski definition) is 0. The Labute approximate surface area is 127 Å². The van der Waals surface area contributed by atoms with Gasteiger partial charge in [-0.2, -0.15) is 0 Å². The van der Waals surface area contributed by atoms with Crippen molar-refractivity contribution < 1.29 is 9.53 Å². The second-order valence-corrected chi connectivity index (χ2v) is 6.25. The number of hydrogen-bond acceptors (Lipinski definition) is 3. The maximum atomic E-state index is 12.3. The summed E-state index contributed by atoms with van der Waals surface area (Å²) in [4.78, 5) is 15.8. The molecule has 1 aromatic heterocycles. The number of carbonyl (C=O) groups is 1. The SMILES string of the molecule is COc1ccc(Cl)cc1CN(C)C(=O)c1ccc(C)s1. The Bertz CT molecular complexity index is 624. The number of thiophene rings is 1. The van der Waals surface area contributed by atoms with E-state index >= 15 is 0 Å². The second-order valence-electron chi connectivity index (χ2n) is 4.53. The van der Waals surface area contributed by atoms with Crippen LogP contribution in [0.3, 0.4) is 0 Å². The highest BCUT2D eigenvalue weighted by Crippen LogP contribution is 2.25. The summed E-state index contributed by atoms with van der Waals surface area (Å²) in [5, 5.41) is 0.633. The third-order valence-electron chi connectivity index (χ3n) is 2.95. The van der Waals surface area contributed by atoms with E-state index in [1.807, 2.05) is 31.2 Å². The van der Waals surface area contributed by atoms with Crippen molar-refractivity contribution in [2.45, 2.75) is 13.5 Å². The van der Waals surface area contributed by atoms with Crippen molar-refractivity contribution in [2.75, 3.05) is 14.2 Å². The van der Waals surface area contributed by atoms with Crippen LogP contribution in [0.5, 0.6) is 5.75 Å². The van der Waals surface area contributed by atoms with Crippen LogP contribution in [0.25, 0.3) is 0 Å². The molecule has 2 aromatic rings. The molecule has 0 fully saturated rings. The Kier molecular flexibility index (Phi) is 4.68. The highest BCUT2D eigenvalue weighted by Gasteiger charge is 2.15. The number of ether oxygens (including phenoxy) is 1. The van der Waals surface area contributed by atoms with Gasteiger partial charge >= 0.3 is 0 Å². The lowest BCUT2D eigenvalue weighted by Gasteiger charge is -2.18. The number of nitrogens with zero attached hydrogens (tertiary/aromatic N) is 1. The van der Waals surface area contributed by atoms with Crippen LogP contribution in [0.15, 0.2) is 30.3 Å². The van der Waals surface area contributed by atoms with E-state index in [2.05, 4.69) is 0 Å². The zero-order chi connectivity index (χ0) is 14.7. The lowest BCUT2D eigenvalue weighted by molar-refractivity contribution is 0.0789. The summed E-state index contributed by atoms with van der Waals surface area (Å²) in [6, 6.07) is 9.21. The first-order valence-corrected chi connectivity index (χ1v) is 7.35. The van der Waals surface area contributed by atoms with Crippen LogP contribution in [0.1, 0.15) is 20.1 Å². The Morgan fingerprint density at radius 1 is 1.35 bits per heavy atom. The Morgan fingerprint density at radius 2 is 2.10 bits per heavy atom. The van der Waals surface area contributed by atoms with Gasteiger partial charge in [0.05, 0.1) is 12.0 Å². The molecule has 0 aliphatic heterocycles. The van der Waals surface area contributed by atoms with Crippen LogP contribution in [-0.4, -0.2) is 25.0 Å². The molecule has 2 rings (SSSR count). The molecule has 5 heteroatoms.